The lowest BCUT2D eigenvalue weighted by Gasteiger charge is -2.34. The fourth-order valence-electron chi connectivity index (χ4n) is 4.76. The summed E-state index contributed by atoms with van der Waals surface area (Å²) in [4.78, 5) is 34.8. The summed E-state index contributed by atoms with van der Waals surface area (Å²) in [5.74, 6) is -0.214. The van der Waals surface area contributed by atoms with Crippen LogP contribution >= 0.6 is 0 Å². The zero-order valence-corrected chi connectivity index (χ0v) is 19.3. The van der Waals surface area contributed by atoms with Crippen LogP contribution in [0.3, 0.4) is 0 Å². The molecule has 1 fully saturated rings. The van der Waals surface area contributed by atoms with Crippen molar-refractivity contribution < 1.29 is 9.18 Å². The van der Waals surface area contributed by atoms with Crippen molar-refractivity contribution in [1.29, 1.82) is 0 Å². The first-order chi connectivity index (χ1) is 16.0. The second-order valence-corrected chi connectivity index (χ2v) is 8.67. The largest absolute Gasteiger partial charge is 0.343 e. The lowest BCUT2D eigenvalue weighted by molar-refractivity contribution is -0.137. The van der Waals surface area contributed by atoms with E-state index in [4.69, 9.17) is 0 Å². The van der Waals surface area contributed by atoms with Crippen LogP contribution in [-0.4, -0.2) is 51.4 Å². The summed E-state index contributed by atoms with van der Waals surface area (Å²) in [6.45, 7) is 7.68. The smallest absolute Gasteiger partial charge is 0.255 e. The van der Waals surface area contributed by atoms with E-state index in [0.717, 1.165) is 30.5 Å². The van der Waals surface area contributed by atoms with E-state index in [0.29, 0.717) is 37.3 Å². The maximum atomic E-state index is 14.0. The zero-order chi connectivity index (χ0) is 23.4. The molecule has 4 rings (SSSR count). The molecule has 1 aliphatic heterocycles. The van der Waals surface area contributed by atoms with Crippen molar-refractivity contribution in [3.63, 3.8) is 0 Å². The van der Waals surface area contributed by atoms with Gasteiger partial charge in [0.1, 0.15) is 5.82 Å². The van der Waals surface area contributed by atoms with Crippen LogP contribution in [0.25, 0.3) is 10.9 Å². The van der Waals surface area contributed by atoms with E-state index in [2.05, 4.69) is 9.88 Å². The molecule has 0 unspecified atom stereocenters. The Labute approximate surface area is 193 Å². The predicted molar refractivity (Wildman–Crippen MR) is 127 cm³/mol. The molecular formula is C26H31FN4O2. The van der Waals surface area contributed by atoms with E-state index >= 15 is 0 Å². The number of halogens is 1. The van der Waals surface area contributed by atoms with Gasteiger partial charge in [0.05, 0.1) is 23.7 Å². The van der Waals surface area contributed by atoms with Gasteiger partial charge < -0.3 is 9.47 Å². The summed E-state index contributed by atoms with van der Waals surface area (Å²) in [6.07, 6.45) is 3.50. The van der Waals surface area contributed by atoms with Crippen LogP contribution in [0, 0.1) is 11.7 Å². The molecule has 1 aromatic carbocycles. The van der Waals surface area contributed by atoms with Crippen molar-refractivity contribution in [3.05, 3.63) is 76.1 Å². The molecular weight excluding hydrogens is 419 g/mol. The average molecular weight is 451 g/mol. The second kappa shape index (κ2) is 10.3. The van der Waals surface area contributed by atoms with Gasteiger partial charge in [0.25, 0.3) is 5.56 Å². The predicted octanol–water partition coefficient (Wildman–Crippen LogP) is 3.66. The minimum atomic E-state index is -0.377. The van der Waals surface area contributed by atoms with Crippen LogP contribution in [-0.2, 0) is 17.9 Å². The first-order valence-electron chi connectivity index (χ1n) is 11.7. The van der Waals surface area contributed by atoms with Crippen LogP contribution in [0.2, 0.25) is 0 Å². The quantitative estimate of drug-likeness (QED) is 0.551. The molecule has 33 heavy (non-hydrogen) atoms. The van der Waals surface area contributed by atoms with Gasteiger partial charge in [-0.15, -0.1) is 0 Å². The molecule has 2 aromatic heterocycles. The highest BCUT2D eigenvalue weighted by molar-refractivity contribution is 5.80. The molecule has 0 aliphatic carbocycles. The highest BCUT2D eigenvalue weighted by Crippen LogP contribution is 2.22. The monoisotopic (exact) mass is 450 g/mol. The van der Waals surface area contributed by atoms with E-state index < -0.39 is 0 Å². The summed E-state index contributed by atoms with van der Waals surface area (Å²) in [5, 5.41) is 0.815. The summed E-state index contributed by atoms with van der Waals surface area (Å²) in [6, 6.07) is 12.0. The van der Waals surface area contributed by atoms with Gasteiger partial charge in [0, 0.05) is 37.9 Å². The maximum Gasteiger partial charge on any atom is 0.255 e. The molecule has 174 valence electrons. The number of amides is 1. The minimum Gasteiger partial charge on any atom is -0.343 e. The van der Waals surface area contributed by atoms with Crippen LogP contribution in [0.4, 0.5) is 4.39 Å². The molecule has 0 saturated carbocycles. The van der Waals surface area contributed by atoms with E-state index in [1.54, 1.807) is 16.8 Å². The molecule has 3 aromatic rings. The van der Waals surface area contributed by atoms with Gasteiger partial charge in [-0.1, -0.05) is 6.07 Å². The Morgan fingerprint density at radius 2 is 1.97 bits per heavy atom. The van der Waals surface area contributed by atoms with Crippen LogP contribution in [0.1, 0.15) is 37.9 Å². The Balaban J connectivity index is 1.64. The lowest BCUT2D eigenvalue weighted by atomic mass is 9.96. The standard InChI is InChI=1S/C26H31FN4O2/c1-3-30(4-2)25(32)20-8-7-13-29(16-20)17-21-14-19-10-11-22(27)15-24(19)31(26(21)33)18-23-9-5-6-12-28-23/h5-6,9-12,14-15,20H,3-4,7-8,13,16-18H2,1-2H3/t20-/m1/s1. The Bertz CT molecular complexity index is 1170. The van der Waals surface area contributed by atoms with E-state index in [9.17, 15) is 14.0 Å². The summed E-state index contributed by atoms with van der Waals surface area (Å²) >= 11 is 0. The summed E-state index contributed by atoms with van der Waals surface area (Å²) < 4.78 is 15.6. The number of piperidine rings is 1. The molecule has 0 radical (unpaired) electrons. The Morgan fingerprint density at radius 3 is 2.70 bits per heavy atom. The van der Waals surface area contributed by atoms with Gasteiger partial charge in [0.15, 0.2) is 0 Å². The molecule has 1 saturated heterocycles. The third-order valence-corrected chi connectivity index (χ3v) is 6.50. The van der Waals surface area contributed by atoms with Crippen molar-refractivity contribution in [2.75, 3.05) is 26.2 Å². The molecule has 0 spiro atoms. The summed E-state index contributed by atoms with van der Waals surface area (Å²) in [7, 11) is 0. The van der Waals surface area contributed by atoms with Crippen molar-refractivity contribution in [2.24, 2.45) is 5.92 Å². The molecule has 0 N–H and O–H groups in total. The first-order valence-corrected chi connectivity index (χ1v) is 11.7. The molecule has 1 atom stereocenters. The highest BCUT2D eigenvalue weighted by atomic mass is 19.1. The number of carbonyl (C=O) groups excluding carboxylic acids is 1. The number of likely N-dealkylation sites (tertiary alicyclic amines) is 1. The minimum absolute atomic E-state index is 0.0380. The fraction of sp³-hybridized carbons (Fsp3) is 0.423. The van der Waals surface area contributed by atoms with Crippen LogP contribution < -0.4 is 5.56 Å². The molecule has 0 bridgehead atoms. The number of carbonyl (C=O) groups is 1. The number of benzene rings is 1. The molecule has 1 aliphatic rings. The number of nitrogens with zero attached hydrogens (tertiary/aromatic N) is 4. The third kappa shape index (κ3) is 5.14. The topological polar surface area (TPSA) is 58.4 Å². The Morgan fingerprint density at radius 1 is 1.15 bits per heavy atom. The number of aromatic nitrogens is 2. The maximum absolute atomic E-state index is 14.0. The normalized spacial score (nSPS) is 16.8. The Hall–Kier alpha value is -3.06. The van der Waals surface area contributed by atoms with Gasteiger partial charge in [-0.2, -0.15) is 0 Å². The van der Waals surface area contributed by atoms with Crippen LogP contribution in [0.15, 0.2) is 53.5 Å². The Kier molecular flexibility index (Phi) is 7.18. The van der Waals surface area contributed by atoms with Crippen molar-refractivity contribution in [3.8, 4) is 0 Å². The molecule has 6 nitrogen and oxygen atoms in total. The van der Waals surface area contributed by atoms with E-state index in [-0.39, 0.29) is 29.7 Å². The average Bonchev–Trinajstić information content (AvgIpc) is 2.83. The lowest BCUT2D eigenvalue weighted by Crippen LogP contribution is -2.45. The highest BCUT2D eigenvalue weighted by Gasteiger charge is 2.28. The van der Waals surface area contributed by atoms with Gasteiger partial charge in [-0.05, 0) is 75.0 Å². The number of pyridine rings is 2. The van der Waals surface area contributed by atoms with Crippen molar-refractivity contribution in [1.82, 2.24) is 19.4 Å². The number of rotatable bonds is 7. The van der Waals surface area contributed by atoms with Crippen molar-refractivity contribution >= 4 is 16.8 Å². The van der Waals surface area contributed by atoms with E-state index in [1.807, 2.05) is 43.0 Å². The van der Waals surface area contributed by atoms with E-state index in [1.165, 1.54) is 12.1 Å². The molecule has 7 heteroatoms. The van der Waals surface area contributed by atoms with Gasteiger partial charge in [-0.25, -0.2) is 4.39 Å². The van der Waals surface area contributed by atoms with Gasteiger partial charge >= 0.3 is 0 Å². The second-order valence-electron chi connectivity index (χ2n) is 8.67. The van der Waals surface area contributed by atoms with Gasteiger partial charge in [-0.3, -0.25) is 19.5 Å². The number of fused-ring (bicyclic) bond motifs is 1. The molecule has 1 amide bonds. The third-order valence-electron chi connectivity index (χ3n) is 6.50. The van der Waals surface area contributed by atoms with Crippen LogP contribution in [0.5, 0.6) is 0 Å². The van der Waals surface area contributed by atoms with Crippen molar-refractivity contribution in [2.45, 2.75) is 39.8 Å². The fourth-order valence-corrected chi connectivity index (χ4v) is 4.76. The number of hydrogen-bond acceptors (Lipinski definition) is 4. The summed E-state index contributed by atoms with van der Waals surface area (Å²) in [5.41, 5.74) is 1.81. The van der Waals surface area contributed by atoms with Gasteiger partial charge in [0.2, 0.25) is 5.91 Å². The first kappa shape index (κ1) is 23.1. The SMILES string of the molecule is CCN(CC)C(=O)[C@@H]1CCCN(Cc2cc3ccc(F)cc3n(Cc3ccccn3)c2=O)C1. The zero-order valence-electron chi connectivity index (χ0n) is 19.3. The molecule has 3 heterocycles. The number of hydrogen-bond donors (Lipinski definition) is 0.